The van der Waals surface area contributed by atoms with Gasteiger partial charge in [0.2, 0.25) is 0 Å². The van der Waals surface area contributed by atoms with Crippen molar-refractivity contribution < 1.29 is 4.74 Å². The van der Waals surface area contributed by atoms with Gasteiger partial charge in [-0.05, 0) is 32.1 Å². The van der Waals surface area contributed by atoms with E-state index in [9.17, 15) is 0 Å². The monoisotopic (exact) mass is 148 g/mol. The van der Waals surface area contributed by atoms with E-state index in [0.717, 1.165) is 11.5 Å². The molecule has 0 fully saturated rings. The Balaban J connectivity index is 2.65. The molecule has 0 amide bonds. The predicted octanol–water partition coefficient (Wildman–Crippen LogP) is 2.99. The summed E-state index contributed by atoms with van der Waals surface area (Å²) in [5.74, 6) is 1.82. The molecule has 1 rings (SSSR count). The van der Waals surface area contributed by atoms with Crippen LogP contribution in [0.3, 0.4) is 0 Å². The van der Waals surface area contributed by atoms with Gasteiger partial charge in [0.05, 0.1) is 5.76 Å². The van der Waals surface area contributed by atoms with Gasteiger partial charge in [0, 0.05) is 0 Å². The van der Waals surface area contributed by atoms with Crippen LogP contribution in [0.2, 0.25) is 0 Å². The van der Waals surface area contributed by atoms with Gasteiger partial charge in [-0.1, -0.05) is 18.2 Å². The Morgan fingerprint density at radius 2 is 1.91 bits per heavy atom. The Labute approximate surface area is 67.3 Å². The van der Waals surface area contributed by atoms with E-state index in [-0.39, 0.29) is 0 Å². The summed E-state index contributed by atoms with van der Waals surface area (Å²) in [5.41, 5.74) is 0. The zero-order valence-corrected chi connectivity index (χ0v) is 6.87. The van der Waals surface area contributed by atoms with Crippen LogP contribution >= 0.6 is 0 Å². The number of benzene rings is 1. The van der Waals surface area contributed by atoms with Gasteiger partial charge in [-0.3, -0.25) is 0 Å². The first kappa shape index (κ1) is 7.86. The maximum atomic E-state index is 5.42. The van der Waals surface area contributed by atoms with Gasteiger partial charge in [-0.2, -0.15) is 0 Å². The van der Waals surface area contributed by atoms with Crippen LogP contribution in [-0.2, 0) is 0 Å². The fraction of sp³-hybridized carbons (Fsp3) is 0.200. The molecular weight excluding hydrogens is 136 g/mol. The summed E-state index contributed by atoms with van der Waals surface area (Å²) in [6.45, 7) is 3.89. The third-order valence-electron chi connectivity index (χ3n) is 1.43. The Bertz CT molecular complexity index is 236. The molecule has 0 N–H and O–H groups in total. The number of para-hydroxylation sites is 1. The lowest BCUT2D eigenvalue weighted by atomic mass is 10.3. The molecule has 0 spiro atoms. The minimum absolute atomic E-state index is 0.892. The van der Waals surface area contributed by atoms with Gasteiger partial charge in [0.1, 0.15) is 5.75 Å². The molecular formula is C10H12O. The molecule has 0 unspecified atom stereocenters. The molecule has 0 saturated heterocycles. The van der Waals surface area contributed by atoms with E-state index in [1.807, 2.05) is 50.3 Å². The highest BCUT2D eigenvalue weighted by Crippen LogP contribution is 2.11. The smallest absolute Gasteiger partial charge is 0.126 e. The summed E-state index contributed by atoms with van der Waals surface area (Å²) in [5, 5.41) is 0. The molecule has 58 valence electrons. The van der Waals surface area contributed by atoms with E-state index in [0.29, 0.717) is 0 Å². The fourth-order valence-corrected chi connectivity index (χ4v) is 0.733. The lowest BCUT2D eigenvalue weighted by Gasteiger charge is -2.03. The van der Waals surface area contributed by atoms with Crippen molar-refractivity contribution in [1.29, 1.82) is 0 Å². The molecule has 0 aliphatic rings. The van der Waals surface area contributed by atoms with Gasteiger partial charge in [0.15, 0.2) is 0 Å². The van der Waals surface area contributed by atoms with E-state index in [4.69, 9.17) is 4.74 Å². The molecule has 0 aliphatic heterocycles. The van der Waals surface area contributed by atoms with Crippen LogP contribution in [0.4, 0.5) is 0 Å². The zero-order valence-electron chi connectivity index (χ0n) is 6.87. The number of allylic oxidation sites excluding steroid dienone is 2. The van der Waals surface area contributed by atoms with Gasteiger partial charge in [-0.25, -0.2) is 0 Å². The molecule has 0 aliphatic carbocycles. The number of ether oxygens (including phenoxy) is 1. The Morgan fingerprint density at radius 3 is 2.45 bits per heavy atom. The normalized spacial score (nSPS) is 11.3. The molecule has 0 bridgehead atoms. The van der Waals surface area contributed by atoms with Crippen molar-refractivity contribution in [2.45, 2.75) is 13.8 Å². The van der Waals surface area contributed by atoms with Crippen LogP contribution in [0.1, 0.15) is 13.8 Å². The topological polar surface area (TPSA) is 9.23 Å². The molecule has 0 radical (unpaired) electrons. The Morgan fingerprint density at radius 1 is 1.27 bits per heavy atom. The third-order valence-corrected chi connectivity index (χ3v) is 1.43. The Hall–Kier alpha value is -1.24. The van der Waals surface area contributed by atoms with Crippen molar-refractivity contribution in [2.75, 3.05) is 0 Å². The van der Waals surface area contributed by atoms with Crippen LogP contribution in [-0.4, -0.2) is 0 Å². The van der Waals surface area contributed by atoms with Crippen molar-refractivity contribution >= 4 is 0 Å². The summed E-state index contributed by atoms with van der Waals surface area (Å²) in [6, 6.07) is 9.76. The molecule has 0 saturated carbocycles. The first-order valence-electron chi connectivity index (χ1n) is 3.68. The lowest BCUT2D eigenvalue weighted by Crippen LogP contribution is -1.88. The lowest BCUT2D eigenvalue weighted by molar-refractivity contribution is 0.427. The second kappa shape index (κ2) is 3.81. The molecule has 1 aromatic rings. The summed E-state index contributed by atoms with van der Waals surface area (Å²) in [4.78, 5) is 0. The van der Waals surface area contributed by atoms with Crippen LogP contribution in [0.25, 0.3) is 0 Å². The molecule has 11 heavy (non-hydrogen) atoms. The first-order valence-corrected chi connectivity index (χ1v) is 3.68. The van der Waals surface area contributed by atoms with E-state index < -0.39 is 0 Å². The van der Waals surface area contributed by atoms with Crippen LogP contribution in [0, 0.1) is 0 Å². The van der Waals surface area contributed by atoms with Crippen molar-refractivity contribution in [3.8, 4) is 5.75 Å². The highest BCUT2D eigenvalue weighted by Gasteiger charge is 1.89. The predicted molar refractivity (Wildman–Crippen MR) is 46.5 cm³/mol. The summed E-state index contributed by atoms with van der Waals surface area (Å²) >= 11 is 0. The molecule has 1 aromatic carbocycles. The van der Waals surface area contributed by atoms with Crippen molar-refractivity contribution in [1.82, 2.24) is 0 Å². The van der Waals surface area contributed by atoms with E-state index in [1.165, 1.54) is 0 Å². The van der Waals surface area contributed by atoms with Crippen molar-refractivity contribution in [2.24, 2.45) is 0 Å². The second-order valence-corrected chi connectivity index (χ2v) is 2.31. The highest BCUT2D eigenvalue weighted by molar-refractivity contribution is 5.22. The van der Waals surface area contributed by atoms with Gasteiger partial charge in [0.25, 0.3) is 0 Å². The zero-order chi connectivity index (χ0) is 8.10. The van der Waals surface area contributed by atoms with Crippen molar-refractivity contribution in [3.63, 3.8) is 0 Å². The second-order valence-electron chi connectivity index (χ2n) is 2.31. The molecule has 0 atom stereocenters. The van der Waals surface area contributed by atoms with E-state index in [1.54, 1.807) is 0 Å². The Kier molecular flexibility index (Phi) is 2.73. The van der Waals surface area contributed by atoms with E-state index in [2.05, 4.69) is 0 Å². The van der Waals surface area contributed by atoms with Crippen LogP contribution in [0.15, 0.2) is 42.2 Å². The highest BCUT2D eigenvalue weighted by atomic mass is 16.5. The first-order chi connectivity index (χ1) is 5.33. The number of hydrogen-bond donors (Lipinski definition) is 0. The maximum Gasteiger partial charge on any atom is 0.126 e. The van der Waals surface area contributed by atoms with Gasteiger partial charge in [-0.15, -0.1) is 0 Å². The molecule has 0 aromatic heterocycles. The van der Waals surface area contributed by atoms with Crippen molar-refractivity contribution in [3.05, 3.63) is 42.2 Å². The maximum absolute atomic E-state index is 5.42. The average molecular weight is 148 g/mol. The summed E-state index contributed by atoms with van der Waals surface area (Å²) in [7, 11) is 0. The molecule has 0 heterocycles. The fourth-order valence-electron chi connectivity index (χ4n) is 0.733. The quantitative estimate of drug-likeness (QED) is 0.586. The standard InChI is InChI=1S/C10H12O/c1-3-9(2)11-10-7-5-4-6-8-10/h3-8H,1-2H3. The summed E-state index contributed by atoms with van der Waals surface area (Å²) < 4.78 is 5.42. The largest absolute Gasteiger partial charge is 0.462 e. The van der Waals surface area contributed by atoms with Crippen LogP contribution < -0.4 is 4.74 Å². The minimum atomic E-state index is 0.892. The summed E-state index contributed by atoms with van der Waals surface area (Å²) in [6.07, 6.45) is 1.94. The van der Waals surface area contributed by atoms with Gasteiger partial charge >= 0.3 is 0 Å². The van der Waals surface area contributed by atoms with Crippen LogP contribution in [0.5, 0.6) is 5.75 Å². The third kappa shape index (κ3) is 2.46. The SMILES string of the molecule is CC=C(C)Oc1ccccc1. The number of rotatable bonds is 2. The number of hydrogen-bond acceptors (Lipinski definition) is 1. The minimum Gasteiger partial charge on any atom is -0.462 e. The average Bonchev–Trinajstić information content (AvgIpc) is 2.06. The molecule has 1 nitrogen and oxygen atoms in total. The van der Waals surface area contributed by atoms with Gasteiger partial charge < -0.3 is 4.74 Å². The van der Waals surface area contributed by atoms with E-state index >= 15 is 0 Å². The molecule has 1 heteroatoms.